The van der Waals surface area contributed by atoms with Gasteiger partial charge in [-0.25, -0.2) is 4.79 Å². The summed E-state index contributed by atoms with van der Waals surface area (Å²) < 4.78 is 9.79. The molecule has 1 unspecified atom stereocenters. The van der Waals surface area contributed by atoms with E-state index in [2.05, 4.69) is 5.32 Å². The van der Waals surface area contributed by atoms with Crippen molar-refractivity contribution >= 4 is 11.7 Å². The van der Waals surface area contributed by atoms with Crippen molar-refractivity contribution in [3.05, 3.63) is 34.4 Å². The van der Waals surface area contributed by atoms with Crippen molar-refractivity contribution < 1.29 is 19.2 Å². The van der Waals surface area contributed by atoms with E-state index < -0.39 is 23.5 Å². The summed E-state index contributed by atoms with van der Waals surface area (Å²) in [4.78, 5) is 21.6. The van der Waals surface area contributed by atoms with Gasteiger partial charge < -0.3 is 14.8 Å². The first-order chi connectivity index (χ1) is 9.06. The number of nitrogens with one attached hydrogen (secondary N) is 1. The SMILES string of the molecule is CCOC(=O)C(C[N+](=O)[O-])Nc1ccc(OC)cc1. The average Bonchev–Trinajstić information content (AvgIpc) is 2.38. The first-order valence-corrected chi connectivity index (χ1v) is 5.75. The molecule has 0 spiro atoms. The Hall–Kier alpha value is -2.31. The van der Waals surface area contributed by atoms with Crippen molar-refractivity contribution in [2.75, 3.05) is 25.6 Å². The van der Waals surface area contributed by atoms with E-state index in [1.54, 1.807) is 31.2 Å². The summed E-state index contributed by atoms with van der Waals surface area (Å²) >= 11 is 0. The van der Waals surface area contributed by atoms with E-state index in [9.17, 15) is 14.9 Å². The number of anilines is 1. The lowest BCUT2D eigenvalue weighted by Gasteiger charge is -2.15. The Morgan fingerprint density at radius 1 is 1.42 bits per heavy atom. The molecule has 104 valence electrons. The van der Waals surface area contributed by atoms with Crippen LogP contribution in [0.1, 0.15) is 6.92 Å². The molecule has 7 nitrogen and oxygen atoms in total. The largest absolute Gasteiger partial charge is 0.497 e. The number of carbonyl (C=O) groups excluding carboxylic acids is 1. The molecule has 0 bridgehead atoms. The minimum Gasteiger partial charge on any atom is -0.497 e. The van der Waals surface area contributed by atoms with Gasteiger partial charge in [0.15, 0.2) is 6.04 Å². The van der Waals surface area contributed by atoms with E-state index in [0.29, 0.717) is 11.4 Å². The highest BCUT2D eigenvalue weighted by molar-refractivity contribution is 5.79. The zero-order valence-electron chi connectivity index (χ0n) is 10.8. The number of methoxy groups -OCH3 is 1. The lowest BCUT2D eigenvalue weighted by atomic mass is 10.2. The van der Waals surface area contributed by atoms with Crippen molar-refractivity contribution in [3.8, 4) is 5.75 Å². The molecule has 1 rings (SSSR count). The average molecular weight is 268 g/mol. The molecule has 0 radical (unpaired) electrons. The molecule has 1 atom stereocenters. The van der Waals surface area contributed by atoms with Crippen LogP contribution >= 0.6 is 0 Å². The zero-order valence-corrected chi connectivity index (χ0v) is 10.8. The van der Waals surface area contributed by atoms with Gasteiger partial charge in [-0.1, -0.05) is 0 Å². The van der Waals surface area contributed by atoms with E-state index in [4.69, 9.17) is 9.47 Å². The third-order valence-electron chi connectivity index (χ3n) is 2.33. The van der Waals surface area contributed by atoms with Gasteiger partial charge in [0.2, 0.25) is 6.54 Å². The van der Waals surface area contributed by atoms with Gasteiger partial charge >= 0.3 is 5.97 Å². The Bertz CT molecular complexity index is 432. The quantitative estimate of drug-likeness (QED) is 0.455. The fourth-order valence-corrected chi connectivity index (χ4v) is 1.46. The number of rotatable bonds is 7. The molecule has 7 heteroatoms. The molecule has 0 saturated carbocycles. The molecule has 0 aromatic heterocycles. The zero-order chi connectivity index (χ0) is 14.3. The second-order valence-corrected chi connectivity index (χ2v) is 3.69. The Balaban J connectivity index is 2.74. The number of hydrogen-bond acceptors (Lipinski definition) is 6. The van der Waals surface area contributed by atoms with Crippen LogP contribution in [0.4, 0.5) is 5.69 Å². The minimum atomic E-state index is -1.01. The molecule has 0 saturated heterocycles. The van der Waals surface area contributed by atoms with Crippen LogP contribution in [0, 0.1) is 10.1 Å². The van der Waals surface area contributed by atoms with E-state index in [-0.39, 0.29) is 6.61 Å². The van der Waals surface area contributed by atoms with Crippen LogP contribution in [0.15, 0.2) is 24.3 Å². The first kappa shape index (κ1) is 14.7. The van der Waals surface area contributed by atoms with Crippen molar-refractivity contribution in [2.45, 2.75) is 13.0 Å². The van der Waals surface area contributed by atoms with Gasteiger partial charge in [0.1, 0.15) is 5.75 Å². The summed E-state index contributed by atoms with van der Waals surface area (Å²) in [5, 5.41) is 13.3. The molecule has 19 heavy (non-hydrogen) atoms. The Labute approximate surface area is 110 Å². The topological polar surface area (TPSA) is 90.7 Å². The van der Waals surface area contributed by atoms with Crippen LogP contribution in [0.2, 0.25) is 0 Å². The maximum Gasteiger partial charge on any atom is 0.335 e. The smallest absolute Gasteiger partial charge is 0.335 e. The number of carbonyl (C=O) groups is 1. The third kappa shape index (κ3) is 4.82. The van der Waals surface area contributed by atoms with E-state index >= 15 is 0 Å². The summed E-state index contributed by atoms with van der Waals surface area (Å²) in [6.07, 6.45) is 0. The molecule has 0 aliphatic heterocycles. The van der Waals surface area contributed by atoms with Crippen LogP contribution in [0.5, 0.6) is 5.75 Å². The predicted octanol–water partition coefficient (Wildman–Crippen LogP) is 1.32. The number of ether oxygens (including phenoxy) is 2. The monoisotopic (exact) mass is 268 g/mol. The van der Waals surface area contributed by atoms with Crippen molar-refractivity contribution in [2.24, 2.45) is 0 Å². The van der Waals surface area contributed by atoms with E-state index in [1.165, 1.54) is 7.11 Å². The fraction of sp³-hybridized carbons (Fsp3) is 0.417. The highest BCUT2D eigenvalue weighted by Gasteiger charge is 2.25. The number of nitrogens with zero attached hydrogens (tertiary/aromatic N) is 1. The highest BCUT2D eigenvalue weighted by atomic mass is 16.6. The van der Waals surface area contributed by atoms with E-state index in [1.807, 2.05) is 0 Å². The standard InChI is InChI=1S/C12H16N2O5/c1-3-19-12(15)11(8-14(16)17)13-9-4-6-10(18-2)7-5-9/h4-7,11,13H,3,8H2,1-2H3. The molecular weight excluding hydrogens is 252 g/mol. The summed E-state index contributed by atoms with van der Waals surface area (Å²) in [6.45, 7) is 1.29. The molecule has 0 amide bonds. The Morgan fingerprint density at radius 2 is 2.05 bits per heavy atom. The van der Waals surface area contributed by atoms with Crippen LogP contribution in [0.25, 0.3) is 0 Å². The maximum absolute atomic E-state index is 11.6. The maximum atomic E-state index is 11.6. The highest BCUT2D eigenvalue weighted by Crippen LogP contribution is 2.16. The van der Waals surface area contributed by atoms with Gasteiger partial charge in [-0.05, 0) is 31.2 Å². The second kappa shape index (κ2) is 7.20. The van der Waals surface area contributed by atoms with Crippen molar-refractivity contribution in [1.82, 2.24) is 0 Å². The minimum absolute atomic E-state index is 0.178. The van der Waals surface area contributed by atoms with Gasteiger partial charge in [-0.3, -0.25) is 10.1 Å². The van der Waals surface area contributed by atoms with E-state index in [0.717, 1.165) is 0 Å². The molecule has 0 fully saturated rings. The third-order valence-corrected chi connectivity index (χ3v) is 2.33. The number of nitro groups is 1. The molecular formula is C12H16N2O5. The van der Waals surface area contributed by atoms with Gasteiger partial charge in [0.05, 0.1) is 13.7 Å². The van der Waals surface area contributed by atoms with Gasteiger partial charge in [0, 0.05) is 10.6 Å². The lowest BCUT2D eigenvalue weighted by Crippen LogP contribution is -2.37. The number of hydrogen-bond donors (Lipinski definition) is 1. The number of esters is 1. The van der Waals surface area contributed by atoms with Crippen molar-refractivity contribution in [1.29, 1.82) is 0 Å². The Morgan fingerprint density at radius 3 is 2.53 bits per heavy atom. The molecule has 0 aliphatic carbocycles. The molecule has 0 aliphatic rings. The lowest BCUT2D eigenvalue weighted by molar-refractivity contribution is -0.480. The molecule has 1 aromatic rings. The van der Waals surface area contributed by atoms with Crippen LogP contribution in [-0.4, -0.2) is 37.2 Å². The summed E-state index contributed by atoms with van der Waals surface area (Å²) in [6, 6.07) is 5.71. The van der Waals surface area contributed by atoms with Crippen LogP contribution in [0.3, 0.4) is 0 Å². The second-order valence-electron chi connectivity index (χ2n) is 3.69. The summed E-state index contributed by atoms with van der Waals surface area (Å²) in [7, 11) is 1.54. The van der Waals surface area contributed by atoms with Crippen molar-refractivity contribution in [3.63, 3.8) is 0 Å². The van der Waals surface area contributed by atoms with Gasteiger partial charge in [-0.15, -0.1) is 0 Å². The first-order valence-electron chi connectivity index (χ1n) is 5.75. The van der Waals surface area contributed by atoms with Crippen LogP contribution < -0.4 is 10.1 Å². The predicted molar refractivity (Wildman–Crippen MR) is 68.9 cm³/mol. The Kier molecular flexibility index (Phi) is 5.59. The van der Waals surface area contributed by atoms with Crippen LogP contribution in [-0.2, 0) is 9.53 Å². The van der Waals surface area contributed by atoms with Gasteiger partial charge in [0.25, 0.3) is 0 Å². The normalized spacial score (nSPS) is 11.5. The van der Waals surface area contributed by atoms with Gasteiger partial charge in [-0.2, -0.15) is 0 Å². The molecule has 0 heterocycles. The molecule has 1 aromatic carbocycles. The number of benzene rings is 1. The summed E-state index contributed by atoms with van der Waals surface area (Å²) in [5.74, 6) is 0.0162. The molecule has 1 N–H and O–H groups in total. The fourth-order valence-electron chi connectivity index (χ4n) is 1.46. The summed E-state index contributed by atoms with van der Waals surface area (Å²) in [5.41, 5.74) is 0.584.